The number of carbonyl (C=O) groups excluding carboxylic acids is 1. The molecule has 0 spiro atoms. The molecular formula is C9H17K2NO4. The molecule has 0 aliphatic carbocycles. The molecule has 16 heavy (non-hydrogen) atoms. The van der Waals surface area contributed by atoms with Crippen LogP contribution in [0.2, 0.25) is 0 Å². The summed E-state index contributed by atoms with van der Waals surface area (Å²) in [6.07, 6.45) is 0.974. The molecular weight excluding hydrogens is 264 g/mol. The summed E-state index contributed by atoms with van der Waals surface area (Å²) in [6.45, 7) is 4.90. The minimum absolute atomic E-state index is 0. The third kappa shape index (κ3) is 14.7. The van der Waals surface area contributed by atoms with E-state index in [0.717, 1.165) is 6.42 Å². The van der Waals surface area contributed by atoms with Crippen LogP contribution in [-0.2, 0) is 9.68 Å². The average Bonchev–Trinajstić information content (AvgIpc) is 2.13. The second-order valence-electron chi connectivity index (χ2n) is 3.44. The van der Waals surface area contributed by atoms with E-state index in [1.165, 1.54) is 0 Å². The molecule has 84 valence electrons. The molecule has 0 N–H and O–H groups in total. The van der Waals surface area contributed by atoms with Crippen molar-refractivity contribution in [2.24, 2.45) is 5.92 Å². The van der Waals surface area contributed by atoms with E-state index in [-0.39, 0.29) is 116 Å². The van der Waals surface area contributed by atoms with Gasteiger partial charge in [-0.15, -0.1) is 0 Å². The molecule has 0 aromatic carbocycles. The molecule has 7 heteroatoms. The SMILES string of the molecule is CCC(C)CN(CCO[O-])CC(=O)[O-].[K+].[K+]. The summed E-state index contributed by atoms with van der Waals surface area (Å²) in [4.78, 5) is 15.7. The second-order valence-corrected chi connectivity index (χ2v) is 3.44. The number of aliphatic carboxylic acids is 1. The van der Waals surface area contributed by atoms with E-state index in [4.69, 9.17) is 0 Å². The Morgan fingerprint density at radius 3 is 2.38 bits per heavy atom. The molecule has 0 aromatic rings. The van der Waals surface area contributed by atoms with E-state index in [1.54, 1.807) is 4.90 Å². The van der Waals surface area contributed by atoms with E-state index in [9.17, 15) is 15.2 Å². The van der Waals surface area contributed by atoms with Gasteiger partial charge in [-0.1, -0.05) is 20.3 Å². The molecule has 0 saturated carbocycles. The summed E-state index contributed by atoms with van der Waals surface area (Å²) >= 11 is 0. The van der Waals surface area contributed by atoms with Crippen molar-refractivity contribution in [1.82, 2.24) is 4.90 Å². The Kier molecular flexibility index (Phi) is 23.2. The van der Waals surface area contributed by atoms with Crippen LogP contribution in [0.3, 0.4) is 0 Å². The fourth-order valence-electron chi connectivity index (χ4n) is 1.15. The standard InChI is InChI=1S/C9H19NO4.2K/c1-3-8(2)6-10(4-5-14-13)7-9(11)12;;/h8,13H,3-7H2,1-2H3,(H,11,12);;/q;2*+1/p-2. The predicted molar refractivity (Wildman–Crippen MR) is 46.9 cm³/mol. The van der Waals surface area contributed by atoms with Gasteiger partial charge in [0.1, 0.15) is 0 Å². The Balaban J connectivity index is -0.000000845. The van der Waals surface area contributed by atoms with Crippen molar-refractivity contribution in [3.63, 3.8) is 0 Å². The van der Waals surface area contributed by atoms with Gasteiger partial charge in [0, 0.05) is 26.2 Å². The first-order valence-corrected chi connectivity index (χ1v) is 4.77. The number of nitrogens with zero attached hydrogens (tertiary/aromatic N) is 1. The number of carboxylic acids is 1. The molecule has 0 radical (unpaired) electrons. The normalized spacial score (nSPS) is 11.5. The molecule has 0 rings (SSSR count). The van der Waals surface area contributed by atoms with Crippen LogP contribution in [0.15, 0.2) is 0 Å². The van der Waals surface area contributed by atoms with Crippen LogP contribution >= 0.6 is 0 Å². The maximum absolute atomic E-state index is 10.4. The summed E-state index contributed by atoms with van der Waals surface area (Å²) < 4.78 is 0. The third-order valence-electron chi connectivity index (χ3n) is 2.11. The smallest absolute Gasteiger partial charge is 0.723 e. The van der Waals surface area contributed by atoms with Crippen LogP contribution in [0.4, 0.5) is 0 Å². The first-order chi connectivity index (χ1) is 6.60. The zero-order valence-electron chi connectivity index (χ0n) is 10.7. The van der Waals surface area contributed by atoms with Crippen LogP contribution in [-0.4, -0.2) is 37.1 Å². The van der Waals surface area contributed by atoms with Crippen LogP contribution in [0.1, 0.15) is 20.3 Å². The van der Waals surface area contributed by atoms with Gasteiger partial charge in [0.2, 0.25) is 0 Å². The maximum Gasteiger partial charge on any atom is 1.00 e. The second kappa shape index (κ2) is 15.7. The van der Waals surface area contributed by atoms with Gasteiger partial charge < -0.3 is 20.0 Å². The van der Waals surface area contributed by atoms with Gasteiger partial charge in [-0.3, -0.25) is 4.90 Å². The Hall–Kier alpha value is 2.62. The van der Waals surface area contributed by atoms with E-state index in [2.05, 4.69) is 4.89 Å². The molecule has 0 amide bonds. The van der Waals surface area contributed by atoms with E-state index < -0.39 is 5.97 Å². The van der Waals surface area contributed by atoms with Crippen LogP contribution < -0.4 is 113 Å². The molecule has 5 nitrogen and oxygen atoms in total. The van der Waals surface area contributed by atoms with Crippen molar-refractivity contribution >= 4 is 5.97 Å². The van der Waals surface area contributed by atoms with Gasteiger partial charge in [0.15, 0.2) is 0 Å². The van der Waals surface area contributed by atoms with Crippen LogP contribution in [0.5, 0.6) is 0 Å². The van der Waals surface area contributed by atoms with E-state index >= 15 is 0 Å². The fourth-order valence-corrected chi connectivity index (χ4v) is 1.15. The van der Waals surface area contributed by atoms with Crippen LogP contribution in [0, 0.1) is 5.92 Å². The quantitative estimate of drug-likeness (QED) is 0.251. The van der Waals surface area contributed by atoms with E-state index in [1.807, 2.05) is 13.8 Å². The van der Waals surface area contributed by atoms with Crippen molar-refractivity contribution in [1.29, 1.82) is 0 Å². The monoisotopic (exact) mass is 281 g/mol. The van der Waals surface area contributed by atoms with Gasteiger partial charge in [0.05, 0.1) is 5.97 Å². The Bertz CT molecular complexity index is 172. The predicted octanol–water partition coefficient (Wildman–Crippen LogP) is -7.62. The van der Waals surface area contributed by atoms with Crippen molar-refractivity contribution in [3.05, 3.63) is 0 Å². The van der Waals surface area contributed by atoms with Gasteiger partial charge in [-0.2, -0.15) is 0 Å². The van der Waals surface area contributed by atoms with Crippen molar-refractivity contribution in [2.45, 2.75) is 20.3 Å². The first kappa shape index (κ1) is 23.7. The number of hydrogen-bond acceptors (Lipinski definition) is 5. The van der Waals surface area contributed by atoms with Gasteiger partial charge in [-0.25, -0.2) is 0 Å². The minimum atomic E-state index is -1.13. The molecule has 0 fully saturated rings. The summed E-state index contributed by atoms with van der Waals surface area (Å²) in [7, 11) is 0. The molecule has 1 atom stereocenters. The Labute approximate surface area is 182 Å². The van der Waals surface area contributed by atoms with Gasteiger partial charge >= 0.3 is 103 Å². The molecule has 0 aromatic heterocycles. The summed E-state index contributed by atoms with van der Waals surface area (Å²) in [5.74, 6) is -0.722. The zero-order valence-corrected chi connectivity index (χ0v) is 16.9. The van der Waals surface area contributed by atoms with Gasteiger partial charge in [0.25, 0.3) is 0 Å². The van der Waals surface area contributed by atoms with Crippen LogP contribution in [0.25, 0.3) is 0 Å². The first-order valence-electron chi connectivity index (χ1n) is 4.77. The molecule has 0 aliphatic rings. The third-order valence-corrected chi connectivity index (χ3v) is 2.11. The molecule has 0 saturated heterocycles. The van der Waals surface area contributed by atoms with Gasteiger partial charge in [-0.05, 0) is 5.92 Å². The van der Waals surface area contributed by atoms with Crippen molar-refractivity contribution < 1.29 is 123 Å². The molecule has 1 unspecified atom stereocenters. The van der Waals surface area contributed by atoms with Crippen molar-refractivity contribution in [3.8, 4) is 0 Å². The fraction of sp³-hybridized carbons (Fsp3) is 0.889. The molecule has 0 heterocycles. The number of carbonyl (C=O) groups is 1. The topological polar surface area (TPSA) is 75.7 Å². The van der Waals surface area contributed by atoms with E-state index in [0.29, 0.717) is 19.0 Å². The minimum Gasteiger partial charge on any atom is -0.723 e. The largest absolute Gasteiger partial charge is 1.00 e. The molecule has 0 aliphatic heterocycles. The average molecular weight is 281 g/mol. The maximum atomic E-state index is 10.4. The Morgan fingerprint density at radius 2 is 2.00 bits per heavy atom. The van der Waals surface area contributed by atoms with Crippen molar-refractivity contribution in [2.75, 3.05) is 26.2 Å². The number of rotatable bonds is 8. The summed E-state index contributed by atoms with van der Waals surface area (Å²) in [5, 5.41) is 20.2. The number of hydrogen-bond donors (Lipinski definition) is 0. The molecule has 0 bridgehead atoms. The summed E-state index contributed by atoms with van der Waals surface area (Å²) in [5.41, 5.74) is 0. The summed E-state index contributed by atoms with van der Waals surface area (Å²) in [6, 6.07) is 0. The zero-order chi connectivity index (χ0) is 11.0. The number of carboxylic acid groups (broad SMARTS) is 1. The Morgan fingerprint density at radius 1 is 1.44 bits per heavy atom.